The highest BCUT2D eigenvalue weighted by atomic mass is 32.1. The van der Waals surface area contributed by atoms with Gasteiger partial charge < -0.3 is 15.0 Å². The van der Waals surface area contributed by atoms with Crippen LogP contribution in [0, 0.1) is 25.7 Å². The van der Waals surface area contributed by atoms with E-state index in [1.54, 1.807) is 22.1 Å². The molecular weight excluding hydrogens is 541 g/mol. The van der Waals surface area contributed by atoms with E-state index in [0.29, 0.717) is 12.3 Å². The van der Waals surface area contributed by atoms with E-state index in [-0.39, 0.29) is 5.97 Å². The largest absolute Gasteiger partial charge is 0.461 e. The molecule has 1 N–H and O–H groups in total. The van der Waals surface area contributed by atoms with Crippen molar-refractivity contribution in [1.82, 2.24) is 24.9 Å². The topological polar surface area (TPSA) is 84.6 Å². The molecule has 4 aromatic rings. The summed E-state index contributed by atoms with van der Waals surface area (Å²) in [4.78, 5) is 23.8. The second-order valence-electron chi connectivity index (χ2n) is 10.4. The van der Waals surface area contributed by atoms with Gasteiger partial charge >= 0.3 is 5.97 Å². The van der Waals surface area contributed by atoms with Gasteiger partial charge in [0.05, 0.1) is 17.8 Å². The van der Waals surface area contributed by atoms with Crippen molar-refractivity contribution >= 4 is 51.5 Å². The molecule has 10 heteroatoms. The quantitative estimate of drug-likeness (QED) is 0.194. The van der Waals surface area contributed by atoms with Gasteiger partial charge in [0.2, 0.25) is 0 Å². The minimum Gasteiger partial charge on any atom is -0.461 e. The van der Waals surface area contributed by atoms with Crippen LogP contribution in [0.5, 0.6) is 0 Å². The first kappa shape index (κ1) is 31.8. The number of aromatic nitrogens is 4. The molecule has 0 atom stereocenters. The van der Waals surface area contributed by atoms with Gasteiger partial charge in [0.25, 0.3) is 0 Å². The summed E-state index contributed by atoms with van der Waals surface area (Å²) in [5.74, 6) is 3.18. The molecule has 0 aliphatic heterocycles. The van der Waals surface area contributed by atoms with Crippen LogP contribution in [0.3, 0.4) is 0 Å². The van der Waals surface area contributed by atoms with Gasteiger partial charge in [-0.2, -0.15) is 17.7 Å². The van der Waals surface area contributed by atoms with Crippen LogP contribution in [0.15, 0.2) is 29.6 Å². The Morgan fingerprint density at radius 1 is 1.15 bits per heavy atom. The number of esters is 1. The Hall–Kier alpha value is -2.69. The van der Waals surface area contributed by atoms with E-state index in [2.05, 4.69) is 39.9 Å². The van der Waals surface area contributed by atoms with E-state index >= 15 is 0 Å². The van der Waals surface area contributed by atoms with Gasteiger partial charge in [-0.05, 0) is 70.4 Å². The highest BCUT2D eigenvalue weighted by Gasteiger charge is 2.21. The fourth-order valence-corrected chi connectivity index (χ4v) is 6.00. The molecule has 0 bridgehead atoms. The molecule has 0 spiro atoms. The third-order valence-corrected chi connectivity index (χ3v) is 8.10. The number of carbonyl (C=O) groups excluding carboxylic acids is 1. The third kappa shape index (κ3) is 7.95. The molecule has 5 rings (SSSR count). The fraction of sp³-hybridized carbons (Fsp3) is 0.533. The molecule has 40 heavy (non-hydrogen) atoms. The molecule has 0 radical (unpaired) electrons. The Labute approximate surface area is 248 Å². The average molecular weight is 585 g/mol. The molecule has 0 unspecified atom stereocenters. The van der Waals surface area contributed by atoms with Crippen molar-refractivity contribution in [2.75, 3.05) is 38.4 Å². The lowest BCUT2D eigenvalue weighted by Crippen LogP contribution is -2.25. The number of hydrogen-bond donors (Lipinski definition) is 2. The number of thiazole rings is 1. The second kappa shape index (κ2) is 15.3. The summed E-state index contributed by atoms with van der Waals surface area (Å²) in [5.41, 5.74) is 3.70. The first-order valence-corrected chi connectivity index (χ1v) is 15.7. The van der Waals surface area contributed by atoms with Crippen LogP contribution in [-0.2, 0) is 11.3 Å². The molecule has 1 saturated carbocycles. The lowest BCUT2D eigenvalue weighted by molar-refractivity contribution is 0.0517. The number of rotatable bonds is 7. The van der Waals surface area contributed by atoms with Gasteiger partial charge in [-0.25, -0.2) is 19.3 Å². The van der Waals surface area contributed by atoms with E-state index in [1.165, 1.54) is 31.2 Å². The Balaban J connectivity index is 0.000000234. The number of carbonyl (C=O) groups is 1. The number of aryl methyl sites for hydroxylation is 2. The van der Waals surface area contributed by atoms with Crippen LogP contribution in [0.25, 0.3) is 15.7 Å². The van der Waals surface area contributed by atoms with Crippen molar-refractivity contribution in [3.05, 3.63) is 52.4 Å². The van der Waals surface area contributed by atoms with Crippen LogP contribution in [-0.4, -0.2) is 59.1 Å². The number of para-hydroxylation sites is 1. The second-order valence-corrected chi connectivity index (χ2v) is 11.2. The lowest BCUT2D eigenvalue weighted by atomic mass is 9.83. The first-order valence-electron chi connectivity index (χ1n) is 14.0. The normalized spacial score (nSPS) is 16.6. The summed E-state index contributed by atoms with van der Waals surface area (Å²) >= 11 is 5.09. The lowest BCUT2D eigenvalue weighted by Gasteiger charge is -2.26. The third-order valence-electron chi connectivity index (χ3n) is 7.12. The first-order chi connectivity index (χ1) is 19.3. The maximum atomic E-state index is 12.0. The van der Waals surface area contributed by atoms with Crippen molar-refractivity contribution in [2.45, 2.75) is 59.9 Å². The summed E-state index contributed by atoms with van der Waals surface area (Å²) in [6.45, 7) is 10.4. The Morgan fingerprint density at radius 2 is 1.85 bits per heavy atom. The number of nitrogens with zero attached hydrogens (tertiary/aromatic N) is 5. The van der Waals surface area contributed by atoms with Gasteiger partial charge in [-0.15, -0.1) is 11.3 Å². The Morgan fingerprint density at radius 3 is 2.52 bits per heavy atom. The molecular formula is C30H44N6O2S2. The van der Waals surface area contributed by atoms with Crippen LogP contribution in [0.2, 0.25) is 0 Å². The average Bonchev–Trinajstić information content (AvgIpc) is 3.49. The number of hydrogen-bond acceptors (Lipinski definition) is 9. The SMILES string of the molecule is CCOC(=O)c1csc2c(CNCC3CCC(C)CC3)c(C)nn12.CS.Cc1nc(N(C)C)c2ccccc2n1. The number of benzene rings is 1. The predicted molar refractivity (Wildman–Crippen MR) is 170 cm³/mol. The number of thiol groups is 1. The van der Waals surface area contributed by atoms with Crippen molar-refractivity contribution < 1.29 is 9.53 Å². The van der Waals surface area contributed by atoms with Crippen molar-refractivity contribution in [3.63, 3.8) is 0 Å². The monoisotopic (exact) mass is 584 g/mol. The van der Waals surface area contributed by atoms with E-state index in [4.69, 9.17) is 4.74 Å². The molecule has 1 fully saturated rings. The minimum atomic E-state index is -0.304. The number of fused-ring (bicyclic) bond motifs is 2. The highest BCUT2D eigenvalue weighted by molar-refractivity contribution is 7.79. The zero-order valence-electron chi connectivity index (χ0n) is 24.9. The molecule has 1 aliphatic rings. The molecule has 0 amide bonds. The van der Waals surface area contributed by atoms with Crippen molar-refractivity contribution in [3.8, 4) is 0 Å². The molecule has 3 aromatic heterocycles. The van der Waals surface area contributed by atoms with E-state index < -0.39 is 0 Å². The maximum absolute atomic E-state index is 12.0. The van der Waals surface area contributed by atoms with Gasteiger partial charge in [0.1, 0.15) is 16.5 Å². The van der Waals surface area contributed by atoms with E-state index in [1.807, 2.05) is 69.4 Å². The molecule has 8 nitrogen and oxygen atoms in total. The Kier molecular flexibility index (Phi) is 12.2. The highest BCUT2D eigenvalue weighted by Crippen LogP contribution is 2.28. The van der Waals surface area contributed by atoms with Gasteiger partial charge in [-0.3, -0.25) is 0 Å². The zero-order chi connectivity index (χ0) is 29.2. The zero-order valence-corrected chi connectivity index (χ0v) is 26.6. The number of anilines is 1. The summed E-state index contributed by atoms with van der Waals surface area (Å²) in [6, 6.07) is 8.06. The molecule has 0 saturated heterocycles. The number of ether oxygens (including phenoxy) is 1. The summed E-state index contributed by atoms with van der Waals surface area (Å²) in [5, 5.41) is 11.1. The van der Waals surface area contributed by atoms with Crippen LogP contribution < -0.4 is 10.2 Å². The van der Waals surface area contributed by atoms with E-state index in [0.717, 1.165) is 58.0 Å². The van der Waals surface area contributed by atoms with E-state index in [9.17, 15) is 4.79 Å². The van der Waals surface area contributed by atoms with Gasteiger partial charge in [0.15, 0.2) is 5.69 Å². The number of nitrogens with one attached hydrogen (secondary N) is 1. The standard InChI is InChI=1S/C18H27N3O2S.C11H13N3.CH4S/c1-4-23-18(22)16-11-24-17-15(13(3)20-21(16)17)10-19-9-14-7-5-12(2)6-8-14;1-8-12-10-7-5-4-6-9(10)11(13-8)14(2)3;1-2/h11-12,14,19H,4-10H2,1-3H3;4-7H,1-3H3;2H,1H3. The van der Waals surface area contributed by atoms with Crippen LogP contribution in [0.1, 0.15) is 67.1 Å². The Bertz CT molecular complexity index is 1380. The summed E-state index contributed by atoms with van der Waals surface area (Å²) in [6.07, 6.45) is 7.08. The summed E-state index contributed by atoms with van der Waals surface area (Å²) in [7, 11) is 3.99. The fourth-order valence-electron chi connectivity index (χ4n) is 4.98. The molecule has 1 aromatic carbocycles. The van der Waals surface area contributed by atoms with Crippen molar-refractivity contribution in [2.24, 2.45) is 11.8 Å². The van der Waals surface area contributed by atoms with Crippen LogP contribution in [0.4, 0.5) is 5.82 Å². The smallest absolute Gasteiger partial charge is 0.357 e. The summed E-state index contributed by atoms with van der Waals surface area (Å²) < 4.78 is 6.84. The van der Waals surface area contributed by atoms with Crippen molar-refractivity contribution in [1.29, 1.82) is 0 Å². The molecule has 1 aliphatic carbocycles. The molecule has 3 heterocycles. The van der Waals surface area contributed by atoms with Crippen LogP contribution >= 0.6 is 24.0 Å². The van der Waals surface area contributed by atoms with Gasteiger partial charge in [0, 0.05) is 37.0 Å². The minimum absolute atomic E-state index is 0.304. The predicted octanol–water partition coefficient (Wildman–Crippen LogP) is 6.35. The van der Waals surface area contributed by atoms with Gasteiger partial charge in [-0.1, -0.05) is 31.9 Å². The molecule has 218 valence electrons. The maximum Gasteiger partial charge on any atom is 0.357 e.